The molecule has 0 saturated heterocycles. The summed E-state index contributed by atoms with van der Waals surface area (Å²) >= 11 is 0. The summed E-state index contributed by atoms with van der Waals surface area (Å²) in [7, 11) is 0. The van der Waals surface area contributed by atoms with E-state index in [2.05, 4.69) is 25.4 Å². The SMILES string of the molecule is Cc1cc(C)n(CC(C)NC(=O)c2cnc3c(c2)ncn3Cc2ccccn2)n1. The van der Waals surface area contributed by atoms with Crippen LogP contribution in [0.3, 0.4) is 0 Å². The van der Waals surface area contributed by atoms with E-state index in [9.17, 15) is 4.79 Å². The summed E-state index contributed by atoms with van der Waals surface area (Å²) in [5.41, 5.74) is 4.86. The Labute approximate surface area is 168 Å². The third kappa shape index (κ3) is 4.16. The summed E-state index contributed by atoms with van der Waals surface area (Å²) in [4.78, 5) is 25.8. The lowest BCUT2D eigenvalue weighted by Gasteiger charge is -2.15. The zero-order valence-corrected chi connectivity index (χ0v) is 16.7. The minimum Gasteiger partial charge on any atom is -0.348 e. The number of nitrogens with one attached hydrogen (secondary N) is 1. The molecule has 1 atom stereocenters. The van der Waals surface area contributed by atoms with Gasteiger partial charge in [-0.05, 0) is 45.0 Å². The molecule has 1 unspecified atom stereocenters. The van der Waals surface area contributed by atoms with Gasteiger partial charge in [-0.25, -0.2) is 9.97 Å². The van der Waals surface area contributed by atoms with E-state index in [4.69, 9.17) is 0 Å². The van der Waals surface area contributed by atoms with Crippen LogP contribution in [0.25, 0.3) is 11.2 Å². The van der Waals surface area contributed by atoms with Gasteiger partial charge in [0.25, 0.3) is 5.91 Å². The molecule has 148 valence electrons. The van der Waals surface area contributed by atoms with E-state index in [1.165, 1.54) is 0 Å². The maximum Gasteiger partial charge on any atom is 0.253 e. The zero-order chi connectivity index (χ0) is 20.4. The van der Waals surface area contributed by atoms with Crippen LogP contribution in [0.1, 0.15) is 34.4 Å². The molecular formula is C21H23N7O. The average Bonchev–Trinajstić information content (AvgIpc) is 3.24. The first-order valence-corrected chi connectivity index (χ1v) is 9.52. The molecule has 4 heterocycles. The van der Waals surface area contributed by atoms with Crippen molar-refractivity contribution in [2.24, 2.45) is 0 Å². The Morgan fingerprint density at radius 1 is 1.17 bits per heavy atom. The molecule has 0 fully saturated rings. The van der Waals surface area contributed by atoms with Gasteiger partial charge < -0.3 is 9.88 Å². The van der Waals surface area contributed by atoms with Crippen LogP contribution in [0, 0.1) is 13.8 Å². The molecule has 4 aromatic rings. The molecular weight excluding hydrogens is 366 g/mol. The second kappa shape index (κ2) is 7.83. The van der Waals surface area contributed by atoms with Crippen molar-refractivity contribution in [3.05, 3.63) is 71.7 Å². The summed E-state index contributed by atoms with van der Waals surface area (Å²) in [5.74, 6) is -0.173. The van der Waals surface area contributed by atoms with Crippen LogP contribution >= 0.6 is 0 Å². The lowest BCUT2D eigenvalue weighted by Crippen LogP contribution is -2.36. The topological polar surface area (TPSA) is 90.5 Å². The Kier molecular flexibility index (Phi) is 5.07. The van der Waals surface area contributed by atoms with Crippen LogP contribution in [0.2, 0.25) is 0 Å². The highest BCUT2D eigenvalue weighted by molar-refractivity contribution is 5.96. The van der Waals surface area contributed by atoms with Gasteiger partial charge in [0, 0.05) is 24.1 Å². The molecule has 0 saturated carbocycles. The number of pyridine rings is 2. The van der Waals surface area contributed by atoms with Gasteiger partial charge in [-0.3, -0.25) is 14.5 Å². The number of aryl methyl sites for hydroxylation is 2. The number of nitrogens with zero attached hydrogens (tertiary/aromatic N) is 6. The molecule has 1 N–H and O–H groups in total. The molecule has 4 aromatic heterocycles. The Balaban J connectivity index is 1.46. The Hall–Kier alpha value is -3.55. The van der Waals surface area contributed by atoms with Crippen LogP contribution in [0.15, 0.2) is 49.1 Å². The van der Waals surface area contributed by atoms with Crippen molar-refractivity contribution in [3.8, 4) is 0 Å². The first-order chi connectivity index (χ1) is 14.0. The highest BCUT2D eigenvalue weighted by atomic mass is 16.1. The van der Waals surface area contributed by atoms with Gasteiger partial charge in [0.05, 0.1) is 36.4 Å². The molecule has 0 spiro atoms. The van der Waals surface area contributed by atoms with Gasteiger partial charge >= 0.3 is 0 Å². The van der Waals surface area contributed by atoms with Crippen molar-refractivity contribution >= 4 is 17.1 Å². The van der Waals surface area contributed by atoms with Gasteiger partial charge in [0.2, 0.25) is 0 Å². The Morgan fingerprint density at radius 3 is 2.76 bits per heavy atom. The number of imidazole rings is 1. The van der Waals surface area contributed by atoms with Gasteiger partial charge in [-0.2, -0.15) is 5.10 Å². The maximum atomic E-state index is 12.7. The fourth-order valence-electron chi connectivity index (χ4n) is 3.33. The summed E-state index contributed by atoms with van der Waals surface area (Å²) in [5, 5.41) is 7.45. The van der Waals surface area contributed by atoms with Crippen LogP contribution in [0.4, 0.5) is 0 Å². The number of rotatable bonds is 6. The molecule has 0 radical (unpaired) electrons. The summed E-state index contributed by atoms with van der Waals surface area (Å²) in [6.45, 7) is 7.12. The largest absolute Gasteiger partial charge is 0.348 e. The number of aromatic nitrogens is 6. The normalized spacial score (nSPS) is 12.2. The summed E-state index contributed by atoms with van der Waals surface area (Å²) in [6, 6.07) is 9.51. The minimum absolute atomic E-state index is 0.0714. The molecule has 0 bridgehead atoms. The predicted molar refractivity (Wildman–Crippen MR) is 109 cm³/mol. The number of fused-ring (bicyclic) bond motifs is 1. The molecule has 0 aliphatic carbocycles. The number of hydrogen-bond acceptors (Lipinski definition) is 5. The van der Waals surface area contributed by atoms with Gasteiger partial charge in [-0.15, -0.1) is 0 Å². The van der Waals surface area contributed by atoms with Gasteiger partial charge in [0.15, 0.2) is 5.65 Å². The van der Waals surface area contributed by atoms with Gasteiger partial charge in [0.1, 0.15) is 5.52 Å². The zero-order valence-electron chi connectivity index (χ0n) is 16.7. The van der Waals surface area contributed by atoms with E-state index in [0.717, 1.165) is 22.7 Å². The second-order valence-corrected chi connectivity index (χ2v) is 7.24. The fraction of sp³-hybridized carbons (Fsp3) is 0.286. The predicted octanol–water partition coefficient (Wildman–Crippen LogP) is 2.51. The first kappa shape index (κ1) is 18.8. The first-order valence-electron chi connectivity index (χ1n) is 9.52. The van der Waals surface area contributed by atoms with Crippen molar-refractivity contribution in [1.82, 2.24) is 34.6 Å². The molecule has 0 aliphatic rings. The molecule has 8 nitrogen and oxygen atoms in total. The van der Waals surface area contributed by atoms with Crippen LogP contribution in [0.5, 0.6) is 0 Å². The Bertz CT molecular complexity index is 1150. The smallest absolute Gasteiger partial charge is 0.253 e. The van der Waals surface area contributed by atoms with E-state index >= 15 is 0 Å². The molecule has 0 aromatic carbocycles. The molecule has 8 heteroatoms. The van der Waals surface area contributed by atoms with Crippen LogP contribution < -0.4 is 5.32 Å². The molecule has 4 rings (SSSR count). The van der Waals surface area contributed by atoms with Crippen molar-refractivity contribution in [2.45, 2.75) is 39.9 Å². The van der Waals surface area contributed by atoms with Crippen molar-refractivity contribution in [3.63, 3.8) is 0 Å². The Morgan fingerprint density at radius 2 is 2.03 bits per heavy atom. The fourth-order valence-corrected chi connectivity index (χ4v) is 3.33. The van der Waals surface area contributed by atoms with Crippen LogP contribution in [-0.4, -0.2) is 41.2 Å². The second-order valence-electron chi connectivity index (χ2n) is 7.24. The van der Waals surface area contributed by atoms with E-state index in [1.807, 2.05) is 54.3 Å². The number of amides is 1. The highest BCUT2D eigenvalue weighted by Gasteiger charge is 2.14. The molecule has 0 aliphatic heterocycles. The summed E-state index contributed by atoms with van der Waals surface area (Å²) < 4.78 is 3.83. The maximum absolute atomic E-state index is 12.7. The van der Waals surface area contributed by atoms with E-state index in [-0.39, 0.29) is 11.9 Å². The van der Waals surface area contributed by atoms with Crippen molar-refractivity contribution in [1.29, 1.82) is 0 Å². The van der Waals surface area contributed by atoms with Gasteiger partial charge in [-0.1, -0.05) is 6.07 Å². The number of hydrogen-bond donors (Lipinski definition) is 1. The van der Waals surface area contributed by atoms with Crippen LogP contribution in [-0.2, 0) is 13.1 Å². The van der Waals surface area contributed by atoms with E-state index in [1.54, 1.807) is 24.8 Å². The number of carbonyl (C=O) groups excluding carboxylic acids is 1. The lowest BCUT2D eigenvalue weighted by atomic mass is 10.2. The average molecular weight is 389 g/mol. The van der Waals surface area contributed by atoms with Crippen molar-refractivity contribution < 1.29 is 4.79 Å². The highest BCUT2D eigenvalue weighted by Crippen LogP contribution is 2.14. The van der Waals surface area contributed by atoms with E-state index < -0.39 is 0 Å². The lowest BCUT2D eigenvalue weighted by molar-refractivity contribution is 0.0935. The molecule has 29 heavy (non-hydrogen) atoms. The number of carbonyl (C=O) groups is 1. The molecule has 1 amide bonds. The van der Waals surface area contributed by atoms with E-state index in [0.29, 0.717) is 24.2 Å². The third-order valence-electron chi connectivity index (χ3n) is 4.70. The third-order valence-corrected chi connectivity index (χ3v) is 4.70. The summed E-state index contributed by atoms with van der Waals surface area (Å²) in [6.07, 6.45) is 5.07. The van der Waals surface area contributed by atoms with Crippen molar-refractivity contribution in [2.75, 3.05) is 0 Å². The monoisotopic (exact) mass is 389 g/mol. The standard InChI is InChI=1S/C21H23N7O/c1-14-8-16(3)28(26-14)11-15(2)25-21(29)17-9-19-20(23-10-17)27(13-24-19)12-18-6-4-5-7-22-18/h4-10,13,15H,11-12H2,1-3H3,(H,25,29). The minimum atomic E-state index is -0.173. The quantitative estimate of drug-likeness (QED) is 0.547.